The summed E-state index contributed by atoms with van der Waals surface area (Å²) >= 11 is 0. The van der Waals surface area contributed by atoms with Crippen molar-refractivity contribution < 1.29 is 9.15 Å². The molecule has 1 saturated heterocycles. The number of nitrogens with one attached hydrogen (secondary N) is 1. The van der Waals surface area contributed by atoms with Crippen LogP contribution in [0.15, 0.2) is 4.42 Å². The second-order valence-electron chi connectivity index (χ2n) is 5.54. The Hall–Kier alpha value is -1.14. The largest absolute Gasteiger partial charge is 0.407 e. The lowest BCUT2D eigenvalue weighted by Gasteiger charge is -2.36. The molecular formula is C12H22N4O2. The van der Waals surface area contributed by atoms with Crippen molar-refractivity contribution in [1.29, 1.82) is 0 Å². The van der Waals surface area contributed by atoms with Crippen molar-refractivity contribution in [2.75, 3.05) is 24.6 Å². The molecule has 1 aromatic heterocycles. The summed E-state index contributed by atoms with van der Waals surface area (Å²) in [5, 5.41) is 11.4. The van der Waals surface area contributed by atoms with E-state index in [2.05, 4.69) is 48.1 Å². The van der Waals surface area contributed by atoms with E-state index in [0.29, 0.717) is 31.1 Å². The predicted octanol–water partition coefficient (Wildman–Crippen LogP) is 1.18. The first-order valence-corrected chi connectivity index (χ1v) is 6.41. The second kappa shape index (κ2) is 5.24. The van der Waals surface area contributed by atoms with Crippen molar-refractivity contribution in [3.05, 3.63) is 5.89 Å². The normalized spacial score (nSPS) is 19.5. The summed E-state index contributed by atoms with van der Waals surface area (Å²) in [6, 6.07) is 0.995. The summed E-state index contributed by atoms with van der Waals surface area (Å²) in [7, 11) is 0. The van der Waals surface area contributed by atoms with Gasteiger partial charge in [0.05, 0.1) is 25.3 Å². The number of ether oxygens (including phenoxy) is 1. The summed E-state index contributed by atoms with van der Waals surface area (Å²) in [6.07, 6.45) is 0. The van der Waals surface area contributed by atoms with Gasteiger partial charge in [-0.15, -0.1) is 5.10 Å². The fraction of sp³-hybridized carbons (Fsp3) is 0.833. The standard InChI is InChI=1S/C12H22N4O2/c1-9(2)13-7-10-14-15-11(18-10)16-5-6-17-12(3,4)8-16/h9,13H,5-8H2,1-4H3. The quantitative estimate of drug-likeness (QED) is 0.870. The summed E-state index contributed by atoms with van der Waals surface area (Å²) in [5.74, 6) is 0.628. The van der Waals surface area contributed by atoms with Crippen LogP contribution in [0.2, 0.25) is 0 Å². The van der Waals surface area contributed by atoms with E-state index in [9.17, 15) is 0 Å². The third-order valence-corrected chi connectivity index (χ3v) is 2.81. The molecule has 102 valence electrons. The van der Waals surface area contributed by atoms with Gasteiger partial charge in [-0.05, 0) is 13.8 Å². The molecule has 1 fully saturated rings. The Bertz CT molecular complexity index is 389. The Labute approximate surface area is 108 Å². The number of hydrogen-bond donors (Lipinski definition) is 1. The van der Waals surface area contributed by atoms with Gasteiger partial charge >= 0.3 is 6.01 Å². The van der Waals surface area contributed by atoms with Crippen molar-refractivity contribution in [3.8, 4) is 0 Å². The summed E-state index contributed by atoms with van der Waals surface area (Å²) in [5.41, 5.74) is -0.164. The number of aromatic nitrogens is 2. The molecule has 2 rings (SSSR count). The van der Waals surface area contributed by atoms with E-state index in [1.807, 2.05) is 0 Å². The maximum absolute atomic E-state index is 5.66. The highest BCUT2D eigenvalue weighted by molar-refractivity contribution is 5.26. The van der Waals surface area contributed by atoms with Crippen molar-refractivity contribution in [1.82, 2.24) is 15.5 Å². The molecule has 0 spiro atoms. The number of anilines is 1. The highest BCUT2D eigenvalue weighted by Crippen LogP contribution is 2.21. The Morgan fingerprint density at radius 1 is 1.39 bits per heavy atom. The molecule has 0 unspecified atom stereocenters. The van der Waals surface area contributed by atoms with Gasteiger partial charge in [0.25, 0.3) is 0 Å². The monoisotopic (exact) mass is 254 g/mol. The van der Waals surface area contributed by atoms with Crippen LogP contribution in [0.4, 0.5) is 6.01 Å². The number of hydrogen-bond acceptors (Lipinski definition) is 6. The van der Waals surface area contributed by atoms with Crippen LogP contribution in [-0.2, 0) is 11.3 Å². The minimum absolute atomic E-state index is 0.164. The van der Waals surface area contributed by atoms with Gasteiger partial charge in [0.2, 0.25) is 5.89 Å². The fourth-order valence-corrected chi connectivity index (χ4v) is 1.92. The highest BCUT2D eigenvalue weighted by Gasteiger charge is 2.29. The van der Waals surface area contributed by atoms with Crippen molar-refractivity contribution in [3.63, 3.8) is 0 Å². The molecule has 0 bridgehead atoms. The van der Waals surface area contributed by atoms with E-state index in [4.69, 9.17) is 9.15 Å². The van der Waals surface area contributed by atoms with Crippen LogP contribution in [0.3, 0.4) is 0 Å². The minimum atomic E-state index is -0.164. The molecule has 1 aromatic rings. The van der Waals surface area contributed by atoms with Crippen LogP contribution >= 0.6 is 0 Å². The fourth-order valence-electron chi connectivity index (χ4n) is 1.92. The topological polar surface area (TPSA) is 63.4 Å². The number of rotatable bonds is 4. The van der Waals surface area contributed by atoms with Crippen LogP contribution in [0.5, 0.6) is 0 Å². The smallest absolute Gasteiger partial charge is 0.318 e. The van der Waals surface area contributed by atoms with Gasteiger partial charge in [-0.3, -0.25) is 0 Å². The van der Waals surface area contributed by atoms with Gasteiger partial charge in [0.15, 0.2) is 0 Å². The molecule has 0 saturated carbocycles. The molecule has 2 heterocycles. The van der Waals surface area contributed by atoms with Gasteiger partial charge in [-0.25, -0.2) is 0 Å². The summed E-state index contributed by atoms with van der Waals surface area (Å²) in [4.78, 5) is 2.08. The minimum Gasteiger partial charge on any atom is -0.407 e. The molecular weight excluding hydrogens is 232 g/mol. The zero-order valence-electron chi connectivity index (χ0n) is 11.6. The maximum atomic E-state index is 5.66. The highest BCUT2D eigenvalue weighted by atomic mass is 16.5. The molecule has 1 aliphatic rings. The van der Waals surface area contributed by atoms with E-state index in [-0.39, 0.29) is 5.60 Å². The molecule has 18 heavy (non-hydrogen) atoms. The van der Waals surface area contributed by atoms with Gasteiger partial charge in [0.1, 0.15) is 0 Å². The Balaban J connectivity index is 1.97. The first-order chi connectivity index (χ1) is 8.46. The van der Waals surface area contributed by atoms with Gasteiger partial charge in [-0.1, -0.05) is 18.9 Å². The van der Waals surface area contributed by atoms with Crippen molar-refractivity contribution in [2.24, 2.45) is 0 Å². The lowest BCUT2D eigenvalue weighted by molar-refractivity contribution is -0.0290. The summed E-state index contributed by atoms with van der Waals surface area (Å²) in [6.45, 7) is 11.2. The number of morpholine rings is 1. The molecule has 0 atom stereocenters. The number of nitrogens with zero attached hydrogens (tertiary/aromatic N) is 3. The van der Waals surface area contributed by atoms with Gasteiger partial charge in [-0.2, -0.15) is 0 Å². The maximum Gasteiger partial charge on any atom is 0.318 e. The predicted molar refractivity (Wildman–Crippen MR) is 68.5 cm³/mol. The first-order valence-electron chi connectivity index (χ1n) is 6.41. The molecule has 6 heteroatoms. The van der Waals surface area contributed by atoms with E-state index in [0.717, 1.165) is 13.1 Å². The molecule has 6 nitrogen and oxygen atoms in total. The van der Waals surface area contributed by atoms with E-state index < -0.39 is 0 Å². The third kappa shape index (κ3) is 3.43. The second-order valence-corrected chi connectivity index (χ2v) is 5.54. The van der Waals surface area contributed by atoms with Crippen LogP contribution in [0.25, 0.3) is 0 Å². The van der Waals surface area contributed by atoms with Crippen LogP contribution in [0.1, 0.15) is 33.6 Å². The third-order valence-electron chi connectivity index (χ3n) is 2.81. The lowest BCUT2D eigenvalue weighted by atomic mass is 10.1. The average molecular weight is 254 g/mol. The van der Waals surface area contributed by atoms with E-state index >= 15 is 0 Å². The Morgan fingerprint density at radius 3 is 2.83 bits per heavy atom. The Kier molecular flexibility index (Phi) is 3.87. The van der Waals surface area contributed by atoms with Crippen molar-refractivity contribution in [2.45, 2.75) is 45.9 Å². The van der Waals surface area contributed by atoms with E-state index in [1.165, 1.54) is 0 Å². The lowest BCUT2D eigenvalue weighted by Crippen LogP contribution is -2.48. The SMILES string of the molecule is CC(C)NCc1nnc(N2CCOC(C)(C)C2)o1. The molecule has 0 aliphatic carbocycles. The molecule has 0 amide bonds. The molecule has 0 radical (unpaired) electrons. The van der Waals surface area contributed by atoms with Crippen LogP contribution in [-0.4, -0.2) is 41.5 Å². The van der Waals surface area contributed by atoms with Crippen molar-refractivity contribution >= 4 is 6.01 Å². The van der Waals surface area contributed by atoms with E-state index in [1.54, 1.807) is 0 Å². The summed E-state index contributed by atoms with van der Waals surface area (Å²) < 4.78 is 11.3. The average Bonchev–Trinajstić information content (AvgIpc) is 2.73. The molecule has 1 N–H and O–H groups in total. The first kappa shape index (κ1) is 13.3. The molecule has 1 aliphatic heterocycles. The van der Waals surface area contributed by atoms with Gasteiger partial charge < -0.3 is 19.4 Å². The zero-order chi connectivity index (χ0) is 13.2. The Morgan fingerprint density at radius 2 is 2.17 bits per heavy atom. The van der Waals surface area contributed by atoms with Crippen LogP contribution in [0, 0.1) is 0 Å². The molecule has 0 aromatic carbocycles. The van der Waals surface area contributed by atoms with Gasteiger partial charge in [0, 0.05) is 12.6 Å². The van der Waals surface area contributed by atoms with Crippen LogP contribution < -0.4 is 10.2 Å². The zero-order valence-corrected chi connectivity index (χ0v) is 11.6.